The van der Waals surface area contributed by atoms with Gasteiger partial charge in [-0.15, -0.1) is 0 Å². The van der Waals surface area contributed by atoms with E-state index in [-0.39, 0.29) is 0 Å². The highest BCUT2D eigenvalue weighted by molar-refractivity contribution is 5.78. The van der Waals surface area contributed by atoms with Crippen molar-refractivity contribution >= 4 is 5.97 Å². The molecule has 0 aliphatic carbocycles. The van der Waals surface area contributed by atoms with Gasteiger partial charge in [-0.05, 0) is 70.1 Å². The minimum absolute atomic E-state index is 0.465. The molecule has 1 atom stereocenters. The maximum absolute atomic E-state index is 11.6. The van der Waals surface area contributed by atoms with E-state index in [2.05, 4.69) is 24.1 Å². The van der Waals surface area contributed by atoms with Crippen LogP contribution in [0.5, 0.6) is 0 Å². The lowest BCUT2D eigenvalue weighted by molar-refractivity contribution is -0.145. The highest BCUT2D eigenvalue weighted by Crippen LogP contribution is 2.30. The number of likely N-dealkylation sites (tertiary alicyclic amines) is 1. The van der Waals surface area contributed by atoms with Crippen molar-refractivity contribution < 1.29 is 9.90 Å². The van der Waals surface area contributed by atoms with Crippen LogP contribution in [0.4, 0.5) is 0 Å². The number of carboxylic acids is 1. The molecule has 0 saturated carbocycles. The molecule has 0 aromatic carbocycles. The Morgan fingerprint density at radius 2 is 2.00 bits per heavy atom. The van der Waals surface area contributed by atoms with Crippen molar-refractivity contribution in [2.24, 2.45) is 5.41 Å². The Morgan fingerprint density at radius 1 is 1.29 bits per heavy atom. The molecule has 1 aliphatic rings. The van der Waals surface area contributed by atoms with E-state index in [1.807, 2.05) is 13.8 Å². The third-order valence-electron chi connectivity index (χ3n) is 5.04. The van der Waals surface area contributed by atoms with Crippen LogP contribution in [-0.2, 0) is 4.79 Å². The van der Waals surface area contributed by atoms with E-state index in [0.29, 0.717) is 24.8 Å². The summed E-state index contributed by atoms with van der Waals surface area (Å²) in [7, 11) is 0. The predicted molar refractivity (Wildman–Crippen MR) is 87.6 cm³/mol. The summed E-state index contributed by atoms with van der Waals surface area (Å²) in [6, 6.07) is 0. The minimum Gasteiger partial charge on any atom is -0.480 e. The number of aliphatic carboxylic acids is 1. The van der Waals surface area contributed by atoms with E-state index < -0.39 is 11.5 Å². The first-order valence-electron chi connectivity index (χ1n) is 8.56. The molecular weight excluding hydrogens is 264 g/mol. The molecule has 1 fully saturated rings. The molecule has 1 unspecified atom stereocenters. The van der Waals surface area contributed by atoms with Crippen molar-refractivity contribution in [2.75, 3.05) is 26.2 Å². The lowest BCUT2D eigenvalue weighted by Crippen LogP contribution is -2.52. The van der Waals surface area contributed by atoms with Crippen LogP contribution in [-0.4, -0.2) is 47.7 Å². The molecule has 124 valence electrons. The Balaban J connectivity index is 2.45. The largest absolute Gasteiger partial charge is 0.480 e. The molecule has 4 heteroatoms. The van der Waals surface area contributed by atoms with Gasteiger partial charge in [-0.3, -0.25) is 4.79 Å². The number of nitrogens with one attached hydrogen (secondary N) is 1. The quantitative estimate of drug-likeness (QED) is 0.723. The smallest absolute Gasteiger partial charge is 0.323 e. The van der Waals surface area contributed by atoms with E-state index in [1.165, 1.54) is 19.3 Å². The second-order valence-electron chi connectivity index (χ2n) is 7.23. The van der Waals surface area contributed by atoms with Gasteiger partial charge >= 0.3 is 5.97 Å². The molecule has 1 heterocycles. The minimum atomic E-state index is -0.736. The zero-order chi connectivity index (χ0) is 15.9. The normalized spacial score (nSPS) is 22.5. The van der Waals surface area contributed by atoms with Crippen LogP contribution in [0.15, 0.2) is 0 Å². The predicted octanol–water partition coefficient (Wildman–Crippen LogP) is 3.12. The number of likely N-dealkylation sites (N-methyl/N-ethyl adjacent to an activating group) is 1. The molecular formula is C17H34N2O2. The average Bonchev–Trinajstić information content (AvgIpc) is 2.59. The fraction of sp³-hybridized carbons (Fsp3) is 0.941. The summed E-state index contributed by atoms with van der Waals surface area (Å²) in [6.45, 7) is 12.7. The molecule has 1 rings (SSSR count). The molecule has 0 bridgehead atoms. The second-order valence-corrected chi connectivity index (χ2v) is 7.23. The van der Waals surface area contributed by atoms with Gasteiger partial charge in [0.25, 0.3) is 0 Å². The van der Waals surface area contributed by atoms with Gasteiger partial charge in [0, 0.05) is 0 Å². The van der Waals surface area contributed by atoms with Crippen molar-refractivity contribution in [2.45, 2.75) is 71.8 Å². The van der Waals surface area contributed by atoms with Crippen LogP contribution < -0.4 is 5.32 Å². The number of rotatable bonds is 8. The summed E-state index contributed by atoms with van der Waals surface area (Å²) < 4.78 is 0. The molecule has 2 N–H and O–H groups in total. The molecule has 0 radical (unpaired) electrons. The molecule has 0 amide bonds. The summed E-state index contributed by atoms with van der Waals surface area (Å²) in [4.78, 5) is 14.1. The van der Waals surface area contributed by atoms with Gasteiger partial charge in [0.15, 0.2) is 0 Å². The van der Waals surface area contributed by atoms with E-state index in [9.17, 15) is 9.90 Å². The maximum atomic E-state index is 11.6. The van der Waals surface area contributed by atoms with Crippen molar-refractivity contribution in [3.8, 4) is 0 Å². The van der Waals surface area contributed by atoms with Gasteiger partial charge in [-0.25, -0.2) is 0 Å². The molecule has 1 aliphatic heterocycles. The van der Waals surface area contributed by atoms with Gasteiger partial charge in [-0.1, -0.05) is 27.7 Å². The van der Waals surface area contributed by atoms with Crippen LogP contribution in [0, 0.1) is 5.41 Å². The average molecular weight is 298 g/mol. The first-order valence-corrected chi connectivity index (χ1v) is 8.56. The van der Waals surface area contributed by atoms with Gasteiger partial charge in [-0.2, -0.15) is 0 Å². The SMILES string of the molecule is CCNC(CC)(CCCN1CCCC(C)(C)CC1)C(=O)O. The van der Waals surface area contributed by atoms with E-state index in [0.717, 1.165) is 26.1 Å². The van der Waals surface area contributed by atoms with Crippen molar-refractivity contribution in [3.63, 3.8) is 0 Å². The lowest BCUT2D eigenvalue weighted by Gasteiger charge is -2.30. The van der Waals surface area contributed by atoms with Gasteiger partial charge in [0.2, 0.25) is 0 Å². The second kappa shape index (κ2) is 8.14. The van der Waals surface area contributed by atoms with Gasteiger partial charge in [0.05, 0.1) is 0 Å². The zero-order valence-electron chi connectivity index (χ0n) is 14.4. The van der Waals surface area contributed by atoms with Crippen LogP contribution in [0.3, 0.4) is 0 Å². The van der Waals surface area contributed by atoms with E-state index in [4.69, 9.17) is 0 Å². The Bertz CT molecular complexity index is 331. The number of nitrogens with zero attached hydrogens (tertiary/aromatic N) is 1. The number of carbonyl (C=O) groups is 1. The first-order chi connectivity index (χ1) is 9.85. The van der Waals surface area contributed by atoms with Crippen molar-refractivity contribution in [1.29, 1.82) is 0 Å². The summed E-state index contributed by atoms with van der Waals surface area (Å²) in [5, 5.41) is 12.7. The zero-order valence-corrected chi connectivity index (χ0v) is 14.4. The van der Waals surface area contributed by atoms with Crippen LogP contribution in [0.2, 0.25) is 0 Å². The fourth-order valence-corrected chi connectivity index (χ4v) is 3.37. The van der Waals surface area contributed by atoms with Gasteiger partial charge < -0.3 is 15.3 Å². The topological polar surface area (TPSA) is 52.6 Å². The molecule has 0 aromatic heterocycles. The number of carboxylic acid groups (broad SMARTS) is 1. The number of hydrogen-bond acceptors (Lipinski definition) is 3. The molecule has 4 nitrogen and oxygen atoms in total. The molecule has 21 heavy (non-hydrogen) atoms. The van der Waals surface area contributed by atoms with E-state index >= 15 is 0 Å². The molecule has 1 saturated heterocycles. The highest BCUT2D eigenvalue weighted by atomic mass is 16.4. The Labute approximate surface area is 130 Å². The van der Waals surface area contributed by atoms with E-state index in [1.54, 1.807) is 0 Å². The first kappa shape index (κ1) is 18.4. The Kier molecular flexibility index (Phi) is 7.14. The molecule has 0 spiro atoms. The Hall–Kier alpha value is -0.610. The molecule has 0 aromatic rings. The monoisotopic (exact) mass is 298 g/mol. The summed E-state index contributed by atoms with van der Waals surface area (Å²) in [6.07, 6.45) is 6.12. The fourth-order valence-electron chi connectivity index (χ4n) is 3.37. The summed E-state index contributed by atoms with van der Waals surface area (Å²) >= 11 is 0. The number of hydrogen-bond donors (Lipinski definition) is 2. The highest BCUT2D eigenvalue weighted by Gasteiger charge is 2.35. The third kappa shape index (κ3) is 5.59. The Morgan fingerprint density at radius 3 is 2.57 bits per heavy atom. The summed E-state index contributed by atoms with van der Waals surface area (Å²) in [5.41, 5.74) is -0.271. The van der Waals surface area contributed by atoms with Crippen molar-refractivity contribution in [1.82, 2.24) is 10.2 Å². The van der Waals surface area contributed by atoms with Crippen LogP contribution in [0.1, 0.15) is 66.2 Å². The maximum Gasteiger partial charge on any atom is 0.323 e. The van der Waals surface area contributed by atoms with Crippen LogP contribution in [0.25, 0.3) is 0 Å². The van der Waals surface area contributed by atoms with Gasteiger partial charge in [0.1, 0.15) is 5.54 Å². The summed E-state index contributed by atoms with van der Waals surface area (Å²) in [5.74, 6) is -0.705. The standard InChI is InChI=1S/C17H34N2O2/c1-5-17(15(20)21,18-6-2)10-8-13-19-12-7-9-16(3,4)11-14-19/h18H,5-14H2,1-4H3,(H,20,21). The van der Waals surface area contributed by atoms with Crippen molar-refractivity contribution in [3.05, 3.63) is 0 Å². The third-order valence-corrected chi connectivity index (χ3v) is 5.04. The van der Waals surface area contributed by atoms with Crippen LogP contribution >= 0.6 is 0 Å². The lowest BCUT2D eigenvalue weighted by atomic mass is 9.85.